The molecule has 0 spiro atoms. The van der Waals surface area contributed by atoms with E-state index in [1.807, 2.05) is 0 Å². The third-order valence-electron chi connectivity index (χ3n) is 1.24. The summed E-state index contributed by atoms with van der Waals surface area (Å²) >= 11 is 5.55. The van der Waals surface area contributed by atoms with Crippen LogP contribution < -0.4 is 5.32 Å². The molecule has 1 aromatic heterocycles. The van der Waals surface area contributed by atoms with Crippen LogP contribution in [0.15, 0.2) is 30.2 Å². The lowest BCUT2D eigenvalue weighted by Crippen LogP contribution is -2.15. The van der Waals surface area contributed by atoms with E-state index in [4.69, 9.17) is 11.6 Å². The Morgan fingerprint density at radius 3 is 3.00 bits per heavy atom. The quantitative estimate of drug-likeness (QED) is 0.765. The van der Waals surface area contributed by atoms with Crippen molar-refractivity contribution in [1.82, 2.24) is 15.3 Å². The number of nitrogens with zero attached hydrogens (tertiary/aromatic N) is 2. The molecule has 1 N–H and O–H groups in total. The SMILES string of the molecule is C=C(Cl)CNCc1cnccn1. The fourth-order valence-corrected chi connectivity index (χ4v) is 0.842. The van der Waals surface area contributed by atoms with Crippen LogP contribution in [0.25, 0.3) is 0 Å². The highest BCUT2D eigenvalue weighted by Crippen LogP contribution is 1.94. The largest absolute Gasteiger partial charge is 0.306 e. The lowest BCUT2D eigenvalue weighted by molar-refractivity contribution is 0.731. The number of hydrogen-bond donors (Lipinski definition) is 1. The average molecular weight is 184 g/mol. The number of nitrogens with one attached hydrogen (secondary N) is 1. The zero-order chi connectivity index (χ0) is 8.81. The predicted molar refractivity (Wildman–Crippen MR) is 48.7 cm³/mol. The minimum atomic E-state index is 0.595. The molecule has 0 saturated carbocycles. The Bertz CT molecular complexity index is 248. The van der Waals surface area contributed by atoms with Gasteiger partial charge in [-0.25, -0.2) is 0 Å². The first-order chi connectivity index (χ1) is 5.79. The van der Waals surface area contributed by atoms with E-state index in [0.29, 0.717) is 18.1 Å². The van der Waals surface area contributed by atoms with Gasteiger partial charge in [-0.05, 0) is 0 Å². The molecule has 0 bridgehead atoms. The first kappa shape index (κ1) is 9.16. The number of hydrogen-bond acceptors (Lipinski definition) is 3. The molecule has 1 heterocycles. The summed E-state index contributed by atoms with van der Waals surface area (Å²) in [6.07, 6.45) is 5.01. The summed E-state index contributed by atoms with van der Waals surface area (Å²) in [6, 6.07) is 0. The number of halogens is 1. The molecule has 12 heavy (non-hydrogen) atoms. The van der Waals surface area contributed by atoms with Crippen LogP contribution in [-0.4, -0.2) is 16.5 Å². The topological polar surface area (TPSA) is 37.8 Å². The Hall–Kier alpha value is -0.930. The normalized spacial score (nSPS) is 9.75. The van der Waals surface area contributed by atoms with Gasteiger partial charge < -0.3 is 5.32 Å². The standard InChI is InChI=1S/C8H10ClN3/c1-7(9)4-11-6-8-5-10-2-3-12-8/h2-3,5,11H,1,4,6H2. The van der Waals surface area contributed by atoms with Crippen LogP contribution in [-0.2, 0) is 6.54 Å². The van der Waals surface area contributed by atoms with E-state index in [2.05, 4.69) is 21.9 Å². The third-order valence-corrected chi connectivity index (χ3v) is 1.37. The van der Waals surface area contributed by atoms with Gasteiger partial charge in [-0.3, -0.25) is 9.97 Å². The van der Waals surface area contributed by atoms with Gasteiger partial charge in [0, 0.05) is 36.7 Å². The summed E-state index contributed by atoms with van der Waals surface area (Å²) in [7, 11) is 0. The summed E-state index contributed by atoms with van der Waals surface area (Å²) in [5, 5.41) is 3.66. The van der Waals surface area contributed by atoms with Crippen LogP contribution in [0.2, 0.25) is 0 Å². The molecule has 0 aliphatic heterocycles. The highest BCUT2D eigenvalue weighted by Gasteiger charge is 1.92. The van der Waals surface area contributed by atoms with Gasteiger partial charge in [-0.2, -0.15) is 0 Å². The lowest BCUT2D eigenvalue weighted by atomic mass is 10.4. The van der Waals surface area contributed by atoms with Gasteiger partial charge in [-0.15, -0.1) is 0 Å². The fraction of sp³-hybridized carbons (Fsp3) is 0.250. The van der Waals surface area contributed by atoms with Gasteiger partial charge in [0.15, 0.2) is 0 Å². The van der Waals surface area contributed by atoms with E-state index >= 15 is 0 Å². The highest BCUT2D eigenvalue weighted by atomic mass is 35.5. The minimum absolute atomic E-state index is 0.595. The Morgan fingerprint density at radius 2 is 2.42 bits per heavy atom. The van der Waals surface area contributed by atoms with Crippen molar-refractivity contribution in [2.45, 2.75) is 6.54 Å². The van der Waals surface area contributed by atoms with Crippen molar-refractivity contribution < 1.29 is 0 Å². The smallest absolute Gasteiger partial charge is 0.0724 e. The van der Waals surface area contributed by atoms with Crippen LogP contribution in [0.1, 0.15) is 5.69 Å². The zero-order valence-corrected chi connectivity index (χ0v) is 7.38. The van der Waals surface area contributed by atoms with Crippen LogP contribution in [0.3, 0.4) is 0 Å². The molecule has 0 amide bonds. The summed E-state index contributed by atoms with van der Waals surface area (Å²) in [5.41, 5.74) is 0.899. The lowest BCUT2D eigenvalue weighted by Gasteiger charge is -2.00. The maximum Gasteiger partial charge on any atom is 0.0724 e. The minimum Gasteiger partial charge on any atom is -0.306 e. The Labute approximate surface area is 76.5 Å². The van der Waals surface area contributed by atoms with E-state index in [1.54, 1.807) is 18.6 Å². The predicted octanol–water partition coefficient (Wildman–Crippen LogP) is 1.32. The summed E-state index contributed by atoms with van der Waals surface area (Å²) in [5.74, 6) is 0. The maximum absolute atomic E-state index is 5.55. The van der Waals surface area contributed by atoms with Gasteiger partial charge in [0.2, 0.25) is 0 Å². The monoisotopic (exact) mass is 183 g/mol. The second-order valence-electron chi connectivity index (χ2n) is 2.32. The van der Waals surface area contributed by atoms with Crippen molar-refractivity contribution in [2.75, 3.05) is 6.54 Å². The molecule has 0 atom stereocenters. The molecule has 0 aliphatic carbocycles. The maximum atomic E-state index is 5.55. The molecular weight excluding hydrogens is 174 g/mol. The molecule has 0 aliphatic rings. The molecule has 0 saturated heterocycles. The van der Waals surface area contributed by atoms with Crippen LogP contribution in [0, 0.1) is 0 Å². The molecule has 0 radical (unpaired) electrons. The van der Waals surface area contributed by atoms with Crippen LogP contribution in [0.4, 0.5) is 0 Å². The van der Waals surface area contributed by atoms with Gasteiger partial charge in [0.25, 0.3) is 0 Å². The number of rotatable bonds is 4. The summed E-state index contributed by atoms with van der Waals surface area (Å²) in [4.78, 5) is 8.00. The van der Waals surface area contributed by atoms with E-state index in [-0.39, 0.29) is 0 Å². The summed E-state index contributed by atoms with van der Waals surface area (Å²) in [6.45, 7) is 4.81. The number of aromatic nitrogens is 2. The molecular formula is C8H10ClN3. The molecule has 0 aromatic carbocycles. The first-order valence-electron chi connectivity index (χ1n) is 3.58. The molecule has 3 nitrogen and oxygen atoms in total. The van der Waals surface area contributed by atoms with Crippen LogP contribution in [0.5, 0.6) is 0 Å². The van der Waals surface area contributed by atoms with E-state index in [1.165, 1.54) is 0 Å². The van der Waals surface area contributed by atoms with Crippen molar-refractivity contribution >= 4 is 11.6 Å². The van der Waals surface area contributed by atoms with Crippen LogP contribution >= 0.6 is 11.6 Å². The van der Waals surface area contributed by atoms with E-state index in [9.17, 15) is 0 Å². The highest BCUT2D eigenvalue weighted by molar-refractivity contribution is 6.29. The zero-order valence-electron chi connectivity index (χ0n) is 6.63. The van der Waals surface area contributed by atoms with Gasteiger partial charge in [0.1, 0.15) is 0 Å². The molecule has 0 fully saturated rings. The van der Waals surface area contributed by atoms with Gasteiger partial charge in [0.05, 0.1) is 5.69 Å². The van der Waals surface area contributed by atoms with Crippen molar-refractivity contribution in [3.63, 3.8) is 0 Å². The first-order valence-corrected chi connectivity index (χ1v) is 3.95. The molecule has 0 unspecified atom stereocenters. The molecule has 64 valence electrons. The van der Waals surface area contributed by atoms with Gasteiger partial charge in [-0.1, -0.05) is 18.2 Å². The van der Waals surface area contributed by atoms with E-state index in [0.717, 1.165) is 5.69 Å². The second-order valence-corrected chi connectivity index (χ2v) is 2.85. The Kier molecular flexibility index (Phi) is 3.70. The molecule has 1 aromatic rings. The van der Waals surface area contributed by atoms with Crippen molar-refractivity contribution in [1.29, 1.82) is 0 Å². The molecule has 1 rings (SSSR count). The second kappa shape index (κ2) is 4.85. The Balaban J connectivity index is 2.29. The Morgan fingerprint density at radius 1 is 1.58 bits per heavy atom. The molecule has 4 heteroatoms. The fourth-order valence-electron chi connectivity index (χ4n) is 0.747. The summed E-state index contributed by atoms with van der Waals surface area (Å²) < 4.78 is 0. The third kappa shape index (κ3) is 3.46. The average Bonchev–Trinajstić information content (AvgIpc) is 2.05. The van der Waals surface area contributed by atoms with E-state index < -0.39 is 0 Å². The van der Waals surface area contributed by atoms with Gasteiger partial charge >= 0.3 is 0 Å². The van der Waals surface area contributed by atoms with Crippen molar-refractivity contribution in [2.24, 2.45) is 0 Å². The van der Waals surface area contributed by atoms with Crippen molar-refractivity contribution in [3.8, 4) is 0 Å². The van der Waals surface area contributed by atoms with Crippen molar-refractivity contribution in [3.05, 3.63) is 35.9 Å².